The summed E-state index contributed by atoms with van der Waals surface area (Å²) in [5.74, 6) is 0.905. The van der Waals surface area contributed by atoms with Gasteiger partial charge in [-0.3, -0.25) is 15.5 Å². The monoisotopic (exact) mass is 537 g/mol. The van der Waals surface area contributed by atoms with Gasteiger partial charge in [0.25, 0.3) is 5.69 Å². The molecule has 0 spiro atoms. The van der Waals surface area contributed by atoms with Gasteiger partial charge in [-0.05, 0) is 82.5 Å². The Bertz CT molecular complexity index is 1170. The Morgan fingerprint density at radius 2 is 1.76 bits per heavy atom. The van der Waals surface area contributed by atoms with Gasteiger partial charge in [-0.25, -0.2) is 0 Å². The summed E-state index contributed by atoms with van der Waals surface area (Å²) < 4.78 is 50.1. The Balaban J connectivity index is 1.70. The number of rotatable bonds is 9. The van der Waals surface area contributed by atoms with Gasteiger partial charge in [0.15, 0.2) is 11.5 Å². The van der Waals surface area contributed by atoms with E-state index in [9.17, 15) is 23.3 Å². The normalized spacial score (nSPS) is 11.4. The van der Waals surface area contributed by atoms with Gasteiger partial charge in [-0.2, -0.15) is 18.3 Å². The van der Waals surface area contributed by atoms with E-state index in [0.717, 1.165) is 17.7 Å². The molecule has 0 aliphatic rings. The predicted octanol–water partition coefficient (Wildman–Crippen LogP) is 6.80. The second-order valence-electron chi connectivity index (χ2n) is 6.92. The Morgan fingerprint density at radius 1 is 1.09 bits per heavy atom. The first-order valence-corrected chi connectivity index (χ1v) is 10.8. The Morgan fingerprint density at radius 3 is 2.35 bits per heavy atom. The van der Waals surface area contributed by atoms with Crippen molar-refractivity contribution in [3.05, 3.63) is 91.9 Å². The third-order valence-corrected chi connectivity index (χ3v) is 5.07. The zero-order chi connectivity index (χ0) is 24.7. The van der Waals surface area contributed by atoms with E-state index in [-0.39, 0.29) is 12.3 Å². The molecular formula is C23H19BrF3N3O4. The molecule has 3 aromatic carbocycles. The predicted molar refractivity (Wildman–Crippen MR) is 125 cm³/mol. The number of nitrogens with one attached hydrogen (secondary N) is 1. The fourth-order valence-corrected chi connectivity index (χ4v) is 3.42. The minimum atomic E-state index is -4.40. The number of benzene rings is 3. The first-order chi connectivity index (χ1) is 16.2. The highest BCUT2D eigenvalue weighted by Gasteiger charge is 2.29. The number of ether oxygens (including phenoxy) is 2. The van der Waals surface area contributed by atoms with E-state index in [2.05, 4.69) is 26.5 Å². The lowest BCUT2D eigenvalue weighted by Crippen LogP contribution is -2.04. The van der Waals surface area contributed by atoms with Crippen LogP contribution in [0, 0.1) is 10.1 Å². The first kappa shape index (κ1) is 25.0. The van der Waals surface area contributed by atoms with Crippen molar-refractivity contribution in [3.63, 3.8) is 0 Å². The van der Waals surface area contributed by atoms with Crippen molar-refractivity contribution in [3.8, 4) is 11.5 Å². The largest absolute Gasteiger partial charge is 0.490 e. The molecule has 0 aliphatic carbocycles. The lowest BCUT2D eigenvalue weighted by molar-refractivity contribution is -0.384. The number of alkyl halides is 3. The van der Waals surface area contributed by atoms with Gasteiger partial charge < -0.3 is 9.47 Å². The molecule has 0 aliphatic heterocycles. The molecule has 34 heavy (non-hydrogen) atoms. The first-order valence-electron chi connectivity index (χ1n) is 9.96. The molecule has 0 atom stereocenters. The second kappa shape index (κ2) is 11.0. The number of anilines is 1. The Kier molecular flexibility index (Phi) is 8.11. The van der Waals surface area contributed by atoms with E-state index in [1.54, 1.807) is 24.3 Å². The molecular weight excluding hydrogens is 519 g/mol. The molecule has 3 aromatic rings. The summed E-state index contributed by atoms with van der Waals surface area (Å²) in [6, 6.07) is 14.0. The van der Waals surface area contributed by atoms with Crippen LogP contribution in [0.25, 0.3) is 0 Å². The fourth-order valence-electron chi connectivity index (χ4n) is 2.85. The number of hydrogen-bond acceptors (Lipinski definition) is 6. The molecule has 0 heterocycles. The van der Waals surface area contributed by atoms with Gasteiger partial charge in [-0.1, -0.05) is 0 Å². The fraction of sp³-hybridized carbons (Fsp3) is 0.174. The van der Waals surface area contributed by atoms with E-state index in [1.165, 1.54) is 30.5 Å². The van der Waals surface area contributed by atoms with Crippen molar-refractivity contribution in [2.45, 2.75) is 19.7 Å². The van der Waals surface area contributed by atoms with Gasteiger partial charge in [0.1, 0.15) is 6.61 Å². The zero-order valence-corrected chi connectivity index (χ0v) is 19.4. The average Bonchev–Trinajstić information content (AvgIpc) is 2.79. The second-order valence-corrected chi connectivity index (χ2v) is 7.77. The Labute approximate surface area is 201 Å². The minimum Gasteiger partial charge on any atom is -0.490 e. The molecule has 0 fully saturated rings. The standard InChI is InChI=1S/C23H19BrF3N3O4/c1-2-33-21-12-16(13-28-29-18-7-5-17(6-8-18)23(25,26)27)11-20(24)22(21)34-14-15-3-9-19(10-4-15)30(31)32/h3-13,29H,2,14H2,1H3/b28-13+. The summed E-state index contributed by atoms with van der Waals surface area (Å²) >= 11 is 3.45. The van der Waals surface area contributed by atoms with E-state index in [0.29, 0.717) is 33.8 Å². The molecule has 0 bridgehead atoms. The Hall–Kier alpha value is -3.60. The summed E-state index contributed by atoms with van der Waals surface area (Å²) in [5.41, 5.74) is 3.73. The van der Waals surface area contributed by atoms with Crippen LogP contribution in [0.2, 0.25) is 0 Å². The average molecular weight is 538 g/mol. The van der Waals surface area contributed by atoms with E-state index in [4.69, 9.17) is 9.47 Å². The maximum Gasteiger partial charge on any atom is 0.416 e. The number of hydrazone groups is 1. The number of non-ortho nitro benzene ring substituents is 1. The maximum atomic E-state index is 12.7. The topological polar surface area (TPSA) is 86.0 Å². The molecule has 0 aromatic heterocycles. The lowest BCUT2D eigenvalue weighted by Gasteiger charge is -2.14. The third kappa shape index (κ3) is 6.70. The van der Waals surface area contributed by atoms with Gasteiger partial charge in [0.2, 0.25) is 0 Å². The van der Waals surface area contributed by atoms with Crippen LogP contribution in [0.5, 0.6) is 11.5 Å². The highest BCUT2D eigenvalue weighted by atomic mass is 79.9. The molecule has 0 unspecified atom stereocenters. The molecule has 11 heteroatoms. The molecule has 178 valence electrons. The lowest BCUT2D eigenvalue weighted by atomic mass is 10.2. The van der Waals surface area contributed by atoms with Crippen LogP contribution in [0.3, 0.4) is 0 Å². The molecule has 0 saturated heterocycles. The molecule has 7 nitrogen and oxygen atoms in total. The zero-order valence-electron chi connectivity index (χ0n) is 17.8. The van der Waals surface area contributed by atoms with Crippen LogP contribution in [-0.2, 0) is 12.8 Å². The summed E-state index contributed by atoms with van der Waals surface area (Å²) in [5, 5.41) is 14.8. The van der Waals surface area contributed by atoms with Crippen molar-refractivity contribution in [1.29, 1.82) is 0 Å². The van der Waals surface area contributed by atoms with E-state index in [1.807, 2.05) is 6.92 Å². The van der Waals surface area contributed by atoms with Crippen LogP contribution in [0.1, 0.15) is 23.6 Å². The van der Waals surface area contributed by atoms with Crippen LogP contribution >= 0.6 is 15.9 Å². The summed E-state index contributed by atoms with van der Waals surface area (Å²) in [6.07, 6.45) is -2.91. The number of nitrogens with zero attached hydrogens (tertiary/aromatic N) is 2. The highest BCUT2D eigenvalue weighted by molar-refractivity contribution is 9.10. The van der Waals surface area contributed by atoms with Crippen molar-refractivity contribution in [2.75, 3.05) is 12.0 Å². The van der Waals surface area contributed by atoms with Gasteiger partial charge in [-0.15, -0.1) is 0 Å². The SMILES string of the molecule is CCOc1cc(/C=N/Nc2ccc(C(F)(F)F)cc2)cc(Br)c1OCc1ccc([N+](=O)[O-])cc1. The third-order valence-electron chi connectivity index (χ3n) is 4.48. The van der Waals surface area contributed by atoms with Gasteiger partial charge in [0.05, 0.1) is 33.5 Å². The van der Waals surface area contributed by atoms with Crippen LogP contribution in [0.15, 0.2) is 70.2 Å². The van der Waals surface area contributed by atoms with Gasteiger partial charge in [0, 0.05) is 12.1 Å². The van der Waals surface area contributed by atoms with Crippen LogP contribution < -0.4 is 14.9 Å². The highest BCUT2D eigenvalue weighted by Crippen LogP contribution is 2.37. The summed E-state index contributed by atoms with van der Waals surface area (Å²) in [7, 11) is 0. The van der Waals surface area contributed by atoms with Crippen LogP contribution in [-0.4, -0.2) is 17.7 Å². The van der Waals surface area contributed by atoms with Crippen molar-refractivity contribution in [2.24, 2.45) is 5.10 Å². The van der Waals surface area contributed by atoms with E-state index >= 15 is 0 Å². The number of nitro benzene ring substituents is 1. The van der Waals surface area contributed by atoms with Crippen molar-refractivity contribution < 1.29 is 27.6 Å². The quantitative estimate of drug-likeness (QED) is 0.184. The molecule has 0 saturated carbocycles. The number of hydrogen-bond donors (Lipinski definition) is 1. The maximum absolute atomic E-state index is 12.7. The van der Waals surface area contributed by atoms with Crippen molar-refractivity contribution >= 4 is 33.5 Å². The van der Waals surface area contributed by atoms with E-state index < -0.39 is 16.7 Å². The minimum absolute atomic E-state index is 0.00604. The summed E-state index contributed by atoms with van der Waals surface area (Å²) in [4.78, 5) is 10.3. The van der Waals surface area contributed by atoms with Gasteiger partial charge >= 0.3 is 6.18 Å². The summed E-state index contributed by atoms with van der Waals surface area (Å²) in [6.45, 7) is 2.37. The molecule has 3 rings (SSSR count). The van der Waals surface area contributed by atoms with Crippen molar-refractivity contribution in [1.82, 2.24) is 0 Å². The number of halogens is 4. The number of nitro groups is 1. The van der Waals surface area contributed by atoms with Crippen LogP contribution in [0.4, 0.5) is 24.5 Å². The molecule has 0 radical (unpaired) electrons. The smallest absolute Gasteiger partial charge is 0.416 e. The molecule has 1 N–H and O–H groups in total. The molecule has 0 amide bonds.